The number of ether oxygens (including phenoxy) is 1. The number of rotatable bonds is 6. The lowest BCUT2D eigenvalue weighted by molar-refractivity contribution is -0.115. The number of amides is 1. The largest absolute Gasteiger partial charge is 0.457 e. The summed E-state index contributed by atoms with van der Waals surface area (Å²) in [4.78, 5) is 11.8. The van der Waals surface area contributed by atoms with Crippen LogP contribution in [0.5, 0.6) is 11.5 Å². The molecule has 0 radical (unpaired) electrons. The van der Waals surface area contributed by atoms with E-state index in [4.69, 9.17) is 4.74 Å². The van der Waals surface area contributed by atoms with Gasteiger partial charge in [0.1, 0.15) is 11.5 Å². The Kier molecular flexibility index (Phi) is 4.17. The molecule has 0 aliphatic heterocycles. The summed E-state index contributed by atoms with van der Waals surface area (Å²) < 4.78 is 5.74. The molecule has 1 aliphatic rings. The van der Waals surface area contributed by atoms with Crippen LogP contribution >= 0.6 is 0 Å². The second-order valence-electron chi connectivity index (χ2n) is 5.15. The van der Waals surface area contributed by atoms with Gasteiger partial charge in [-0.05, 0) is 37.1 Å². The summed E-state index contributed by atoms with van der Waals surface area (Å²) >= 11 is 0. The number of benzene rings is 2. The fourth-order valence-corrected chi connectivity index (χ4v) is 1.99. The monoisotopic (exact) mass is 282 g/mol. The summed E-state index contributed by atoms with van der Waals surface area (Å²) in [5, 5.41) is 6.06. The van der Waals surface area contributed by atoms with Crippen LogP contribution in [0, 0.1) is 0 Å². The van der Waals surface area contributed by atoms with Gasteiger partial charge in [-0.2, -0.15) is 0 Å². The molecule has 0 spiro atoms. The first-order valence-corrected chi connectivity index (χ1v) is 7.16. The third-order valence-electron chi connectivity index (χ3n) is 3.23. The van der Waals surface area contributed by atoms with Gasteiger partial charge in [0.05, 0.1) is 6.54 Å². The van der Waals surface area contributed by atoms with Crippen molar-refractivity contribution in [1.29, 1.82) is 0 Å². The molecule has 0 aromatic heterocycles. The molecule has 4 heteroatoms. The van der Waals surface area contributed by atoms with Gasteiger partial charge < -0.3 is 15.4 Å². The number of anilines is 1. The molecule has 0 atom stereocenters. The molecular weight excluding hydrogens is 264 g/mol. The maximum atomic E-state index is 11.8. The van der Waals surface area contributed by atoms with Crippen molar-refractivity contribution >= 4 is 11.6 Å². The SMILES string of the molecule is O=C(CNC1CC1)Nc1cccc(Oc2ccccc2)c1. The highest BCUT2D eigenvalue weighted by atomic mass is 16.5. The first kappa shape index (κ1) is 13.6. The van der Waals surface area contributed by atoms with Crippen molar-refractivity contribution in [3.8, 4) is 11.5 Å². The summed E-state index contributed by atoms with van der Waals surface area (Å²) in [6, 6.07) is 17.5. The van der Waals surface area contributed by atoms with Gasteiger partial charge in [-0.15, -0.1) is 0 Å². The highest BCUT2D eigenvalue weighted by molar-refractivity contribution is 5.92. The minimum atomic E-state index is -0.0289. The number of para-hydroxylation sites is 1. The lowest BCUT2D eigenvalue weighted by atomic mass is 10.3. The van der Waals surface area contributed by atoms with Crippen LogP contribution in [0.2, 0.25) is 0 Å². The molecule has 1 saturated carbocycles. The Morgan fingerprint density at radius 3 is 2.57 bits per heavy atom. The van der Waals surface area contributed by atoms with Gasteiger partial charge in [-0.1, -0.05) is 24.3 Å². The van der Waals surface area contributed by atoms with E-state index >= 15 is 0 Å². The van der Waals surface area contributed by atoms with Gasteiger partial charge >= 0.3 is 0 Å². The second kappa shape index (κ2) is 6.41. The highest BCUT2D eigenvalue weighted by Crippen LogP contribution is 2.23. The first-order chi connectivity index (χ1) is 10.3. The third kappa shape index (κ3) is 4.33. The van der Waals surface area contributed by atoms with Gasteiger partial charge in [0.25, 0.3) is 0 Å². The summed E-state index contributed by atoms with van der Waals surface area (Å²) in [5.41, 5.74) is 0.742. The Labute approximate surface area is 124 Å². The number of hydrogen-bond acceptors (Lipinski definition) is 3. The number of carbonyl (C=O) groups is 1. The van der Waals surface area contributed by atoms with E-state index in [0.717, 1.165) is 11.4 Å². The van der Waals surface area contributed by atoms with E-state index in [1.807, 2.05) is 54.6 Å². The Balaban J connectivity index is 1.58. The fraction of sp³-hybridized carbons (Fsp3) is 0.235. The molecule has 1 amide bonds. The zero-order valence-electron chi connectivity index (χ0n) is 11.7. The third-order valence-corrected chi connectivity index (χ3v) is 3.23. The van der Waals surface area contributed by atoms with Crippen molar-refractivity contribution in [2.24, 2.45) is 0 Å². The standard InChI is InChI=1S/C17H18N2O2/c20-17(12-18-13-9-10-13)19-14-5-4-8-16(11-14)21-15-6-2-1-3-7-15/h1-8,11,13,18H,9-10,12H2,(H,19,20). The maximum absolute atomic E-state index is 11.8. The van der Waals surface area contributed by atoms with Crippen molar-refractivity contribution in [3.05, 3.63) is 54.6 Å². The molecule has 108 valence electrons. The van der Waals surface area contributed by atoms with Gasteiger partial charge in [0, 0.05) is 17.8 Å². The van der Waals surface area contributed by atoms with Crippen LogP contribution in [0.4, 0.5) is 5.69 Å². The highest BCUT2D eigenvalue weighted by Gasteiger charge is 2.21. The summed E-state index contributed by atoms with van der Waals surface area (Å²) in [5.74, 6) is 1.45. The van der Waals surface area contributed by atoms with Crippen LogP contribution in [0.3, 0.4) is 0 Å². The molecule has 21 heavy (non-hydrogen) atoms. The van der Waals surface area contributed by atoms with E-state index in [1.54, 1.807) is 0 Å². The smallest absolute Gasteiger partial charge is 0.238 e. The minimum absolute atomic E-state index is 0.0289. The zero-order chi connectivity index (χ0) is 14.5. The predicted molar refractivity (Wildman–Crippen MR) is 82.6 cm³/mol. The molecule has 4 nitrogen and oxygen atoms in total. The molecule has 1 aliphatic carbocycles. The van der Waals surface area contributed by atoms with Gasteiger partial charge in [-0.25, -0.2) is 0 Å². The van der Waals surface area contributed by atoms with Crippen molar-refractivity contribution in [2.45, 2.75) is 18.9 Å². The molecule has 2 N–H and O–H groups in total. The summed E-state index contributed by atoms with van der Waals surface area (Å²) in [6.07, 6.45) is 2.35. The predicted octanol–water partition coefficient (Wildman–Crippen LogP) is 3.17. The van der Waals surface area contributed by atoms with E-state index in [0.29, 0.717) is 18.3 Å². The van der Waals surface area contributed by atoms with Crippen LogP contribution < -0.4 is 15.4 Å². The molecule has 0 bridgehead atoms. The topological polar surface area (TPSA) is 50.4 Å². The van der Waals surface area contributed by atoms with Crippen molar-refractivity contribution in [2.75, 3.05) is 11.9 Å². The average molecular weight is 282 g/mol. The van der Waals surface area contributed by atoms with Gasteiger partial charge in [0.2, 0.25) is 5.91 Å². The van der Waals surface area contributed by atoms with Crippen molar-refractivity contribution in [3.63, 3.8) is 0 Å². The first-order valence-electron chi connectivity index (χ1n) is 7.16. The molecule has 0 heterocycles. The van der Waals surface area contributed by atoms with E-state index in [9.17, 15) is 4.79 Å². The van der Waals surface area contributed by atoms with Gasteiger partial charge in [0.15, 0.2) is 0 Å². The van der Waals surface area contributed by atoms with Crippen LogP contribution in [-0.4, -0.2) is 18.5 Å². The number of carbonyl (C=O) groups excluding carboxylic acids is 1. The Hall–Kier alpha value is -2.33. The van der Waals surface area contributed by atoms with Gasteiger partial charge in [-0.3, -0.25) is 4.79 Å². The van der Waals surface area contributed by atoms with Crippen LogP contribution in [0.15, 0.2) is 54.6 Å². The zero-order valence-corrected chi connectivity index (χ0v) is 11.7. The minimum Gasteiger partial charge on any atom is -0.457 e. The summed E-state index contributed by atoms with van der Waals surface area (Å²) in [6.45, 7) is 0.356. The van der Waals surface area contributed by atoms with Crippen LogP contribution in [0.25, 0.3) is 0 Å². The fourth-order valence-electron chi connectivity index (χ4n) is 1.99. The normalized spacial score (nSPS) is 13.7. The molecule has 3 rings (SSSR count). The van der Waals surface area contributed by atoms with Crippen LogP contribution in [-0.2, 0) is 4.79 Å². The second-order valence-corrected chi connectivity index (χ2v) is 5.15. The molecular formula is C17H18N2O2. The quantitative estimate of drug-likeness (QED) is 0.855. The lowest BCUT2D eigenvalue weighted by Gasteiger charge is -2.09. The molecule has 1 fully saturated rings. The summed E-state index contributed by atoms with van der Waals surface area (Å²) in [7, 11) is 0. The van der Waals surface area contributed by atoms with Crippen LogP contribution in [0.1, 0.15) is 12.8 Å². The van der Waals surface area contributed by atoms with Crippen molar-refractivity contribution < 1.29 is 9.53 Å². The van der Waals surface area contributed by atoms with Crippen molar-refractivity contribution in [1.82, 2.24) is 5.32 Å². The molecule has 0 saturated heterocycles. The molecule has 2 aromatic carbocycles. The van der Waals surface area contributed by atoms with E-state index in [-0.39, 0.29) is 5.91 Å². The Morgan fingerprint density at radius 1 is 1.05 bits per heavy atom. The lowest BCUT2D eigenvalue weighted by Crippen LogP contribution is -2.29. The van der Waals surface area contributed by atoms with E-state index in [2.05, 4.69) is 10.6 Å². The Morgan fingerprint density at radius 2 is 1.81 bits per heavy atom. The Bertz CT molecular complexity index is 609. The van der Waals surface area contributed by atoms with E-state index in [1.165, 1.54) is 12.8 Å². The molecule has 2 aromatic rings. The average Bonchev–Trinajstić information content (AvgIpc) is 3.31. The molecule has 0 unspecified atom stereocenters. The number of nitrogens with one attached hydrogen (secondary N) is 2. The number of hydrogen-bond donors (Lipinski definition) is 2. The maximum Gasteiger partial charge on any atom is 0.238 e. The van der Waals surface area contributed by atoms with E-state index < -0.39 is 0 Å².